The number of likely N-dealkylation sites (tertiary alicyclic amines) is 1. The van der Waals surface area contributed by atoms with Gasteiger partial charge in [-0.1, -0.05) is 0 Å². The van der Waals surface area contributed by atoms with Crippen LogP contribution in [0.1, 0.15) is 19.3 Å². The van der Waals surface area contributed by atoms with Crippen LogP contribution in [0, 0.1) is 0 Å². The second-order valence-corrected chi connectivity index (χ2v) is 6.66. The van der Waals surface area contributed by atoms with E-state index in [1.807, 2.05) is 4.90 Å². The number of nitrogens with zero attached hydrogens (tertiary/aromatic N) is 2. The maximum absolute atomic E-state index is 12.7. The molecular formula is C18H25N3O4. The van der Waals surface area contributed by atoms with Crippen molar-refractivity contribution in [3.05, 3.63) is 24.3 Å². The van der Waals surface area contributed by atoms with Crippen LogP contribution in [0.15, 0.2) is 24.3 Å². The van der Waals surface area contributed by atoms with Crippen molar-refractivity contribution in [3.63, 3.8) is 0 Å². The third-order valence-electron chi connectivity index (χ3n) is 4.91. The zero-order valence-corrected chi connectivity index (χ0v) is 14.7. The standard InChI is InChI=1S/C18H25N3O4/c1-20-10-9-14-5-6-15(11-20)21(14)18(23)19-13-3-7-16(8-4-13)25-12-17(22)24-2/h3-4,7-8,14-15H,5-6,9-12H2,1-2H3,(H,19,23)/t14-,15+/m1/s1. The topological polar surface area (TPSA) is 71.1 Å². The van der Waals surface area contributed by atoms with Gasteiger partial charge in [-0.25, -0.2) is 9.59 Å². The molecule has 2 saturated heterocycles. The van der Waals surface area contributed by atoms with Crippen molar-refractivity contribution < 1.29 is 19.1 Å². The summed E-state index contributed by atoms with van der Waals surface area (Å²) in [5.41, 5.74) is 0.715. The number of fused-ring (bicyclic) bond motifs is 2. The summed E-state index contributed by atoms with van der Waals surface area (Å²) in [6.45, 7) is 1.84. The van der Waals surface area contributed by atoms with Crippen LogP contribution in [-0.2, 0) is 9.53 Å². The van der Waals surface area contributed by atoms with E-state index in [4.69, 9.17) is 4.74 Å². The molecule has 0 spiro atoms. The van der Waals surface area contributed by atoms with Crippen LogP contribution in [-0.4, -0.2) is 67.7 Å². The maximum atomic E-state index is 12.7. The van der Waals surface area contributed by atoms with Gasteiger partial charge in [0.25, 0.3) is 0 Å². The highest BCUT2D eigenvalue weighted by atomic mass is 16.6. The molecule has 2 aliphatic heterocycles. The Morgan fingerprint density at radius 3 is 2.60 bits per heavy atom. The molecule has 0 radical (unpaired) electrons. The van der Waals surface area contributed by atoms with Gasteiger partial charge in [0.05, 0.1) is 7.11 Å². The van der Waals surface area contributed by atoms with Crippen molar-refractivity contribution in [2.45, 2.75) is 31.3 Å². The van der Waals surface area contributed by atoms with E-state index in [9.17, 15) is 9.59 Å². The number of rotatable bonds is 4. The molecule has 1 N–H and O–H groups in total. The number of likely N-dealkylation sites (N-methyl/N-ethyl adjacent to an activating group) is 1. The first kappa shape index (κ1) is 17.5. The smallest absolute Gasteiger partial charge is 0.343 e. The van der Waals surface area contributed by atoms with E-state index in [-0.39, 0.29) is 12.6 Å². The van der Waals surface area contributed by atoms with Crippen LogP contribution in [0.3, 0.4) is 0 Å². The minimum absolute atomic E-state index is 0.0361. The Morgan fingerprint density at radius 2 is 1.88 bits per heavy atom. The second kappa shape index (κ2) is 7.74. The number of nitrogens with one attached hydrogen (secondary N) is 1. The first-order valence-electron chi connectivity index (χ1n) is 8.64. The minimum atomic E-state index is -0.431. The molecule has 1 aromatic carbocycles. The van der Waals surface area contributed by atoms with Crippen LogP contribution in [0.2, 0.25) is 0 Å². The third kappa shape index (κ3) is 4.22. The third-order valence-corrected chi connectivity index (χ3v) is 4.91. The van der Waals surface area contributed by atoms with Gasteiger partial charge in [0.15, 0.2) is 6.61 Å². The number of benzene rings is 1. The summed E-state index contributed by atoms with van der Waals surface area (Å²) in [7, 11) is 3.43. The molecule has 0 aliphatic carbocycles. The van der Waals surface area contributed by atoms with Gasteiger partial charge in [-0.2, -0.15) is 0 Å². The highest BCUT2D eigenvalue weighted by molar-refractivity contribution is 5.90. The molecule has 2 heterocycles. The summed E-state index contributed by atoms with van der Waals surface area (Å²) in [6.07, 6.45) is 3.19. The molecule has 2 bridgehead atoms. The molecule has 1 aromatic rings. The monoisotopic (exact) mass is 347 g/mol. The van der Waals surface area contributed by atoms with E-state index in [2.05, 4.69) is 22.0 Å². The predicted octanol–water partition coefficient (Wildman–Crippen LogP) is 1.94. The van der Waals surface area contributed by atoms with E-state index in [0.717, 1.165) is 32.4 Å². The number of carbonyl (C=O) groups is 2. The lowest BCUT2D eigenvalue weighted by molar-refractivity contribution is -0.142. The van der Waals surface area contributed by atoms with Crippen LogP contribution in [0.25, 0.3) is 0 Å². The lowest BCUT2D eigenvalue weighted by Crippen LogP contribution is -2.45. The number of amides is 2. The molecule has 136 valence electrons. The highest BCUT2D eigenvalue weighted by Crippen LogP contribution is 2.30. The van der Waals surface area contributed by atoms with Gasteiger partial charge >= 0.3 is 12.0 Å². The average Bonchev–Trinajstić information content (AvgIpc) is 2.92. The SMILES string of the molecule is COC(=O)COc1ccc(NC(=O)N2[C@@H]3CC[C@H]2CN(C)CC3)cc1. The summed E-state index contributed by atoms with van der Waals surface area (Å²) in [5.74, 6) is 0.124. The zero-order chi connectivity index (χ0) is 17.8. The van der Waals surface area contributed by atoms with Crippen molar-refractivity contribution in [2.24, 2.45) is 0 Å². The van der Waals surface area contributed by atoms with E-state index in [1.165, 1.54) is 7.11 Å². The lowest BCUT2D eigenvalue weighted by Gasteiger charge is -2.28. The van der Waals surface area contributed by atoms with Gasteiger partial charge in [0, 0.05) is 24.3 Å². The predicted molar refractivity (Wildman–Crippen MR) is 93.7 cm³/mol. The summed E-state index contributed by atoms with van der Waals surface area (Å²) >= 11 is 0. The van der Waals surface area contributed by atoms with Gasteiger partial charge in [-0.3, -0.25) is 0 Å². The van der Waals surface area contributed by atoms with Crippen LogP contribution in [0.5, 0.6) is 5.75 Å². The fraction of sp³-hybridized carbons (Fsp3) is 0.556. The molecule has 2 amide bonds. The fourth-order valence-electron chi connectivity index (χ4n) is 3.60. The quantitative estimate of drug-likeness (QED) is 0.843. The number of anilines is 1. The molecule has 0 unspecified atom stereocenters. The summed E-state index contributed by atoms with van der Waals surface area (Å²) in [4.78, 5) is 28.1. The van der Waals surface area contributed by atoms with Crippen LogP contribution in [0.4, 0.5) is 10.5 Å². The molecule has 3 rings (SSSR count). The van der Waals surface area contributed by atoms with Crippen molar-refractivity contribution in [2.75, 3.05) is 39.2 Å². The second-order valence-electron chi connectivity index (χ2n) is 6.66. The van der Waals surface area contributed by atoms with Crippen molar-refractivity contribution >= 4 is 17.7 Å². The molecule has 7 heteroatoms. The number of hydrogen-bond acceptors (Lipinski definition) is 5. The van der Waals surface area contributed by atoms with E-state index >= 15 is 0 Å². The number of hydrogen-bond donors (Lipinski definition) is 1. The lowest BCUT2D eigenvalue weighted by atomic mass is 10.1. The average molecular weight is 347 g/mol. The molecule has 0 saturated carbocycles. The normalized spacial score (nSPS) is 23.0. The Kier molecular flexibility index (Phi) is 5.43. The molecule has 0 aromatic heterocycles. The molecule has 2 aliphatic rings. The number of ether oxygens (including phenoxy) is 2. The summed E-state index contributed by atoms with van der Waals surface area (Å²) < 4.78 is 9.83. The van der Waals surface area contributed by atoms with Gasteiger partial charge in [-0.15, -0.1) is 0 Å². The molecule has 25 heavy (non-hydrogen) atoms. The Bertz CT molecular complexity index is 619. The Balaban J connectivity index is 1.58. The first-order valence-corrected chi connectivity index (χ1v) is 8.64. The molecular weight excluding hydrogens is 322 g/mol. The fourth-order valence-corrected chi connectivity index (χ4v) is 3.60. The van der Waals surface area contributed by atoms with Crippen LogP contribution < -0.4 is 10.1 Å². The summed E-state index contributed by atoms with van der Waals surface area (Å²) in [6, 6.07) is 7.59. The largest absolute Gasteiger partial charge is 0.482 e. The van der Waals surface area contributed by atoms with Gasteiger partial charge in [-0.05, 0) is 57.1 Å². The number of carbonyl (C=O) groups excluding carboxylic acids is 2. The molecule has 2 atom stereocenters. The minimum Gasteiger partial charge on any atom is -0.482 e. The summed E-state index contributed by atoms with van der Waals surface area (Å²) in [5, 5.41) is 2.98. The zero-order valence-electron chi connectivity index (χ0n) is 14.7. The van der Waals surface area contributed by atoms with E-state index in [1.54, 1.807) is 24.3 Å². The Labute approximate surface area is 147 Å². The molecule has 2 fully saturated rings. The molecule has 7 nitrogen and oxygen atoms in total. The van der Waals surface area contributed by atoms with Crippen molar-refractivity contribution in [1.82, 2.24) is 9.80 Å². The Morgan fingerprint density at radius 1 is 1.16 bits per heavy atom. The van der Waals surface area contributed by atoms with E-state index < -0.39 is 5.97 Å². The first-order chi connectivity index (χ1) is 12.1. The maximum Gasteiger partial charge on any atom is 0.343 e. The van der Waals surface area contributed by atoms with Crippen molar-refractivity contribution in [3.8, 4) is 5.75 Å². The number of urea groups is 1. The number of esters is 1. The van der Waals surface area contributed by atoms with Crippen molar-refractivity contribution in [1.29, 1.82) is 0 Å². The van der Waals surface area contributed by atoms with Gasteiger partial charge in [0.1, 0.15) is 5.75 Å². The number of methoxy groups -OCH3 is 1. The van der Waals surface area contributed by atoms with Crippen LogP contribution >= 0.6 is 0 Å². The highest BCUT2D eigenvalue weighted by Gasteiger charge is 2.39. The Hall–Kier alpha value is -2.28. The van der Waals surface area contributed by atoms with Gasteiger partial charge < -0.3 is 24.6 Å². The van der Waals surface area contributed by atoms with E-state index in [0.29, 0.717) is 23.5 Å². The van der Waals surface area contributed by atoms with Gasteiger partial charge in [0.2, 0.25) is 0 Å².